The molecule has 4 heteroatoms. The van der Waals surface area contributed by atoms with Gasteiger partial charge in [0.2, 0.25) is 5.91 Å². The van der Waals surface area contributed by atoms with E-state index in [1.165, 1.54) is 6.92 Å². The highest BCUT2D eigenvalue weighted by Gasteiger charge is 2.03. The fourth-order valence-corrected chi connectivity index (χ4v) is 1.18. The van der Waals surface area contributed by atoms with Gasteiger partial charge in [-0.05, 0) is 24.1 Å². The molecule has 4 nitrogen and oxygen atoms in total. The quantitative estimate of drug-likeness (QED) is 0.586. The lowest BCUT2D eigenvalue weighted by Crippen LogP contribution is -2.24. The van der Waals surface area contributed by atoms with Gasteiger partial charge >= 0.3 is 0 Å². The van der Waals surface area contributed by atoms with E-state index in [1.54, 1.807) is 24.3 Å². The predicted octanol–water partition coefficient (Wildman–Crippen LogP) is 1.59. The molecular weight excluding hydrogens is 206 g/mol. The van der Waals surface area contributed by atoms with Crippen molar-refractivity contribution in [3.05, 3.63) is 36.4 Å². The minimum atomic E-state index is -0.179. The smallest absolute Gasteiger partial charge is 0.219 e. The zero-order valence-corrected chi connectivity index (χ0v) is 9.19. The van der Waals surface area contributed by atoms with Crippen LogP contribution in [-0.2, 0) is 11.2 Å². The Bertz CT molecular complexity index is 388. The van der Waals surface area contributed by atoms with Gasteiger partial charge in [0.15, 0.2) is 18.2 Å². The van der Waals surface area contributed by atoms with E-state index < -0.39 is 0 Å². The number of nitrogens with one attached hydrogen (secondary N) is 1. The van der Waals surface area contributed by atoms with E-state index in [-0.39, 0.29) is 18.4 Å². The zero-order chi connectivity index (χ0) is 12.0. The van der Waals surface area contributed by atoms with Gasteiger partial charge in [-0.15, -0.1) is 6.58 Å². The second kappa shape index (κ2) is 5.80. The van der Waals surface area contributed by atoms with Crippen LogP contribution in [0.1, 0.15) is 12.5 Å². The van der Waals surface area contributed by atoms with E-state index in [9.17, 15) is 9.90 Å². The largest absolute Gasteiger partial charge is 0.504 e. The maximum atomic E-state index is 10.6. The second-order valence-corrected chi connectivity index (χ2v) is 3.32. The average molecular weight is 221 g/mol. The van der Waals surface area contributed by atoms with Crippen LogP contribution in [-0.4, -0.2) is 17.7 Å². The van der Waals surface area contributed by atoms with Crippen LogP contribution in [0.15, 0.2) is 30.9 Å². The van der Waals surface area contributed by atoms with Crippen LogP contribution in [0.5, 0.6) is 11.5 Å². The van der Waals surface area contributed by atoms with Gasteiger partial charge < -0.3 is 15.2 Å². The van der Waals surface area contributed by atoms with Crippen LogP contribution < -0.4 is 10.1 Å². The topological polar surface area (TPSA) is 58.6 Å². The molecule has 0 aliphatic heterocycles. The SMILES string of the molecule is C=CCc1ccc(O)c(OCNC(C)=O)c1. The molecular formula is C12H15NO3. The summed E-state index contributed by atoms with van der Waals surface area (Å²) >= 11 is 0. The molecule has 0 spiro atoms. The fourth-order valence-electron chi connectivity index (χ4n) is 1.18. The second-order valence-electron chi connectivity index (χ2n) is 3.32. The van der Waals surface area contributed by atoms with E-state index in [1.807, 2.05) is 0 Å². The van der Waals surface area contributed by atoms with Crippen molar-refractivity contribution >= 4 is 5.91 Å². The van der Waals surface area contributed by atoms with Gasteiger partial charge in [0.25, 0.3) is 0 Å². The summed E-state index contributed by atoms with van der Waals surface area (Å²) < 4.78 is 5.22. The standard InChI is InChI=1S/C12H15NO3/c1-3-4-10-5-6-11(15)12(7-10)16-8-13-9(2)14/h3,5-7,15H,1,4,8H2,2H3,(H,13,14). The summed E-state index contributed by atoms with van der Waals surface area (Å²) in [6.45, 7) is 5.08. The molecule has 0 unspecified atom stereocenters. The lowest BCUT2D eigenvalue weighted by Gasteiger charge is -2.09. The molecule has 1 rings (SSSR count). The minimum absolute atomic E-state index is 0.0421. The Morgan fingerprint density at radius 3 is 3.00 bits per heavy atom. The Morgan fingerprint density at radius 1 is 1.62 bits per heavy atom. The Balaban J connectivity index is 2.66. The minimum Gasteiger partial charge on any atom is -0.504 e. The summed E-state index contributed by atoms with van der Waals surface area (Å²) in [5.74, 6) is 0.230. The molecule has 0 aliphatic rings. The maximum absolute atomic E-state index is 10.6. The number of hydrogen-bond acceptors (Lipinski definition) is 3. The molecule has 0 bridgehead atoms. The van der Waals surface area contributed by atoms with Crippen molar-refractivity contribution in [2.45, 2.75) is 13.3 Å². The predicted molar refractivity (Wildman–Crippen MR) is 61.3 cm³/mol. The van der Waals surface area contributed by atoms with Gasteiger partial charge in [-0.2, -0.15) is 0 Å². The first kappa shape index (κ1) is 12.1. The summed E-state index contributed by atoms with van der Waals surface area (Å²) in [4.78, 5) is 10.6. The van der Waals surface area contributed by atoms with Gasteiger partial charge in [-0.1, -0.05) is 12.1 Å². The number of carbonyl (C=O) groups excluding carboxylic acids is 1. The average Bonchev–Trinajstić information content (AvgIpc) is 2.22. The molecule has 0 fully saturated rings. The number of benzene rings is 1. The molecule has 0 saturated heterocycles. The number of amides is 1. The Morgan fingerprint density at radius 2 is 2.38 bits per heavy atom. The molecule has 0 atom stereocenters. The molecule has 0 aromatic heterocycles. The van der Waals surface area contributed by atoms with Crippen LogP contribution in [0, 0.1) is 0 Å². The van der Waals surface area contributed by atoms with E-state index in [0.717, 1.165) is 5.56 Å². The van der Waals surface area contributed by atoms with Crippen LogP contribution >= 0.6 is 0 Å². The molecule has 1 aromatic rings. The number of phenols is 1. The normalized spacial score (nSPS) is 9.56. The van der Waals surface area contributed by atoms with Gasteiger partial charge in [-0.25, -0.2) is 0 Å². The lowest BCUT2D eigenvalue weighted by molar-refractivity contribution is -0.119. The molecule has 0 radical (unpaired) electrons. The van der Waals surface area contributed by atoms with Gasteiger partial charge in [0, 0.05) is 6.92 Å². The molecule has 0 aliphatic carbocycles. The maximum Gasteiger partial charge on any atom is 0.219 e. The number of hydrogen-bond donors (Lipinski definition) is 2. The molecule has 2 N–H and O–H groups in total. The third kappa shape index (κ3) is 3.65. The van der Waals surface area contributed by atoms with Crippen molar-refractivity contribution in [3.63, 3.8) is 0 Å². The van der Waals surface area contributed by atoms with E-state index in [4.69, 9.17) is 4.74 Å². The number of rotatable bonds is 5. The Kier molecular flexibility index (Phi) is 4.39. The number of aromatic hydroxyl groups is 1. The summed E-state index contributed by atoms with van der Waals surface area (Å²) in [6, 6.07) is 5.07. The number of ether oxygens (including phenoxy) is 1. The summed E-state index contributed by atoms with van der Waals surface area (Å²) in [6.07, 6.45) is 2.47. The molecule has 0 saturated carbocycles. The van der Waals surface area contributed by atoms with Crippen LogP contribution in [0.25, 0.3) is 0 Å². The van der Waals surface area contributed by atoms with Crippen molar-refractivity contribution in [2.75, 3.05) is 6.73 Å². The number of allylic oxidation sites excluding steroid dienone is 1. The molecule has 16 heavy (non-hydrogen) atoms. The number of carbonyl (C=O) groups is 1. The first-order chi connectivity index (χ1) is 7.63. The highest BCUT2D eigenvalue weighted by molar-refractivity contribution is 5.72. The van der Waals surface area contributed by atoms with Gasteiger partial charge in [0.05, 0.1) is 0 Å². The summed E-state index contributed by atoms with van der Waals surface area (Å²) in [5, 5.41) is 12.0. The fraction of sp³-hybridized carbons (Fsp3) is 0.250. The Hall–Kier alpha value is -1.97. The summed E-state index contributed by atoms with van der Waals surface area (Å²) in [7, 11) is 0. The van der Waals surface area contributed by atoms with Crippen molar-refractivity contribution in [1.82, 2.24) is 5.32 Å². The molecule has 1 aromatic carbocycles. The van der Waals surface area contributed by atoms with Gasteiger partial charge in [0.1, 0.15) is 0 Å². The van der Waals surface area contributed by atoms with Crippen LogP contribution in [0.3, 0.4) is 0 Å². The lowest BCUT2D eigenvalue weighted by atomic mass is 10.1. The van der Waals surface area contributed by atoms with E-state index in [2.05, 4.69) is 11.9 Å². The van der Waals surface area contributed by atoms with Crippen molar-refractivity contribution in [2.24, 2.45) is 0 Å². The van der Waals surface area contributed by atoms with Crippen LogP contribution in [0.2, 0.25) is 0 Å². The zero-order valence-electron chi connectivity index (χ0n) is 9.19. The first-order valence-electron chi connectivity index (χ1n) is 4.93. The summed E-state index contributed by atoms with van der Waals surface area (Å²) in [5.41, 5.74) is 0.991. The van der Waals surface area contributed by atoms with Crippen molar-refractivity contribution in [3.8, 4) is 11.5 Å². The van der Waals surface area contributed by atoms with Crippen LogP contribution in [0.4, 0.5) is 0 Å². The third-order valence-corrected chi connectivity index (χ3v) is 1.95. The van der Waals surface area contributed by atoms with E-state index >= 15 is 0 Å². The van der Waals surface area contributed by atoms with Gasteiger partial charge in [-0.3, -0.25) is 4.79 Å². The monoisotopic (exact) mass is 221 g/mol. The molecule has 1 amide bonds. The number of phenolic OH excluding ortho intramolecular Hbond substituents is 1. The molecule has 86 valence electrons. The molecule has 0 heterocycles. The van der Waals surface area contributed by atoms with E-state index in [0.29, 0.717) is 12.2 Å². The first-order valence-corrected chi connectivity index (χ1v) is 4.93. The van der Waals surface area contributed by atoms with Crippen molar-refractivity contribution in [1.29, 1.82) is 0 Å². The highest BCUT2D eigenvalue weighted by Crippen LogP contribution is 2.26. The van der Waals surface area contributed by atoms with Crippen molar-refractivity contribution < 1.29 is 14.6 Å². The third-order valence-electron chi connectivity index (χ3n) is 1.95. The highest BCUT2D eigenvalue weighted by atomic mass is 16.5. The Labute approximate surface area is 94.6 Å².